The molecule has 0 saturated heterocycles. The lowest BCUT2D eigenvalue weighted by Gasteiger charge is -2.25. The van der Waals surface area contributed by atoms with E-state index in [0.29, 0.717) is 6.54 Å². The van der Waals surface area contributed by atoms with Gasteiger partial charge in [0, 0.05) is 13.1 Å². The first kappa shape index (κ1) is 15.9. The van der Waals surface area contributed by atoms with Gasteiger partial charge in [-0.25, -0.2) is 0 Å². The topological polar surface area (TPSA) is 29.3 Å². The summed E-state index contributed by atoms with van der Waals surface area (Å²) >= 11 is 4.50. The molecule has 6 heteroatoms. The summed E-state index contributed by atoms with van der Waals surface area (Å²) in [6, 6.07) is 7.65. The first-order valence-corrected chi connectivity index (χ1v) is 6.21. The molecular weight excluding hydrogens is 273 g/mol. The van der Waals surface area contributed by atoms with Crippen molar-refractivity contribution in [3.05, 3.63) is 35.4 Å². The first-order valence-electron chi connectivity index (χ1n) is 5.80. The van der Waals surface area contributed by atoms with Crippen molar-refractivity contribution in [2.45, 2.75) is 19.6 Å². The average Bonchev–Trinajstić information content (AvgIpc) is 2.24. The number of hydrogen-bond acceptors (Lipinski definition) is 2. The van der Waals surface area contributed by atoms with Gasteiger partial charge in [-0.3, -0.25) is 0 Å². The number of thiocarbonyl (C=S) groups is 1. The summed E-state index contributed by atoms with van der Waals surface area (Å²) in [6.45, 7) is 2.14. The zero-order valence-corrected chi connectivity index (χ0v) is 11.7. The molecule has 1 rings (SSSR count). The Labute approximate surface area is 116 Å². The Hall–Kier alpha value is -1.14. The fourth-order valence-electron chi connectivity index (χ4n) is 1.85. The van der Waals surface area contributed by atoms with Crippen LogP contribution in [0.3, 0.4) is 0 Å². The van der Waals surface area contributed by atoms with Crippen molar-refractivity contribution in [3.63, 3.8) is 0 Å². The molecule has 19 heavy (non-hydrogen) atoms. The Morgan fingerprint density at radius 3 is 2.53 bits per heavy atom. The van der Waals surface area contributed by atoms with Crippen molar-refractivity contribution >= 4 is 17.2 Å². The number of halogens is 3. The van der Waals surface area contributed by atoms with Crippen LogP contribution in [0.2, 0.25) is 0 Å². The number of nitrogens with zero attached hydrogens (tertiary/aromatic N) is 1. The van der Waals surface area contributed by atoms with Gasteiger partial charge in [-0.15, -0.1) is 0 Å². The second-order valence-corrected chi connectivity index (χ2v) is 5.15. The fraction of sp³-hybridized carbons (Fsp3) is 0.462. The van der Waals surface area contributed by atoms with Crippen molar-refractivity contribution in [3.8, 4) is 0 Å². The lowest BCUT2D eigenvalue weighted by atomic mass is 10.1. The van der Waals surface area contributed by atoms with Gasteiger partial charge in [-0.1, -0.05) is 42.0 Å². The van der Waals surface area contributed by atoms with Gasteiger partial charge in [0.25, 0.3) is 0 Å². The Morgan fingerprint density at radius 1 is 1.42 bits per heavy atom. The minimum atomic E-state index is -4.40. The SMILES string of the molecule is Cc1cccc(CN(C)CC(C(N)=S)C(F)(F)F)c1. The molecule has 0 heterocycles. The van der Waals surface area contributed by atoms with E-state index in [0.717, 1.165) is 11.1 Å². The zero-order valence-electron chi connectivity index (χ0n) is 10.9. The summed E-state index contributed by atoms with van der Waals surface area (Å²) in [5.74, 6) is -1.77. The summed E-state index contributed by atoms with van der Waals surface area (Å²) in [7, 11) is 1.62. The number of hydrogen-bond donors (Lipinski definition) is 1. The molecule has 0 fully saturated rings. The van der Waals surface area contributed by atoms with E-state index < -0.39 is 17.1 Å². The van der Waals surface area contributed by atoms with Gasteiger partial charge in [0.05, 0.1) is 4.99 Å². The van der Waals surface area contributed by atoms with E-state index in [1.54, 1.807) is 11.9 Å². The Kier molecular flexibility index (Phi) is 5.31. The third kappa shape index (κ3) is 5.16. The second kappa shape index (κ2) is 6.34. The molecule has 0 amide bonds. The van der Waals surface area contributed by atoms with Crippen LogP contribution in [0.4, 0.5) is 13.2 Å². The van der Waals surface area contributed by atoms with E-state index >= 15 is 0 Å². The Bertz CT molecular complexity index is 446. The van der Waals surface area contributed by atoms with E-state index in [-0.39, 0.29) is 6.54 Å². The van der Waals surface area contributed by atoms with Crippen molar-refractivity contribution in [2.24, 2.45) is 11.7 Å². The standard InChI is InChI=1S/C13H17F3N2S/c1-9-4-3-5-10(6-9)7-18(2)8-11(12(17)19)13(14,15)16/h3-6,11H,7-8H2,1-2H3,(H2,17,19). The molecule has 1 atom stereocenters. The van der Waals surface area contributed by atoms with Crippen molar-refractivity contribution in [1.82, 2.24) is 4.90 Å². The van der Waals surface area contributed by atoms with Crippen LogP contribution in [0, 0.1) is 12.8 Å². The van der Waals surface area contributed by atoms with Gasteiger partial charge in [-0.2, -0.15) is 13.2 Å². The summed E-state index contributed by atoms with van der Waals surface area (Å²) in [6.07, 6.45) is -4.40. The van der Waals surface area contributed by atoms with Crippen LogP contribution in [-0.4, -0.2) is 29.7 Å². The third-order valence-corrected chi connectivity index (χ3v) is 3.05. The average molecular weight is 290 g/mol. The lowest BCUT2D eigenvalue weighted by molar-refractivity contribution is -0.158. The highest BCUT2D eigenvalue weighted by Gasteiger charge is 2.42. The van der Waals surface area contributed by atoms with Crippen LogP contribution in [0.25, 0.3) is 0 Å². The molecule has 1 aromatic rings. The highest BCUT2D eigenvalue weighted by molar-refractivity contribution is 7.80. The smallest absolute Gasteiger partial charge is 0.393 e. The monoisotopic (exact) mass is 290 g/mol. The van der Waals surface area contributed by atoms with Crippen molar-refractivity contribution in [1.29, 1.82) is 0 Å². The van der Waals surface area contributed by atoms with E-state index in [2.05, 4.69) is 12.2 Å². The van der Waals surface area contributed by atoms with Crippen LogP contribution < -0.4 is 5.73 Å². The van der Waals surface area contributed by atoms with Crippen molar-refractivity contribution in [2.75, 3.05) is 13.6 Å². The van der Waals surface area contributed by atoms with Gasteiger partial charge in [-0.05, 0) is 19.5 Å². The molecule has 2 nitrogen and oxygen atoms in total. The van der Waals surface area contributed by atoms with Crippen LogP contribution in [0.5, 0.6) is 0 Å². The summed E-state index contributed by atoms with van der Waals surface area (Å²) in [5.41, 5.74) is 7.21. The minimum absolute atomic E-state index is 0.229. The van der Waals surface area contributed by atoms with Gasteiger partial charge in [0.1, 0.15) is 5.92 Å². The molecule has 1 unspecified atom stereocenters. The predicted octanol–water partition coefficient (Wildman–Crippen LogP) is 2.89. The van der Waals surface area contributed by atoms with Crippen LogP contribution >= 0.6 is 12.2 Å². The van der Waals surface area contributed by atoms with Crippen molar-refractivity contribution < 1.29 is 13.2 Å². The summed E-state index contributed by atoms with van der Waals surface area (Å²) in [5, 5.41) is 0. The molecule has 1 aromatic carbocycles. The van der Waals surface area contributed by atoms with Gasteiger partial charge >= 0.3 is 6.18 Å². The number of benzene rings is 1. The molecule has 0 aliphatic carbocycles. The summed E-state index contributed by atoms with van der Waals surface area (Å²) < 4.78 is 38.2. The normalized spacial score (nSPS) is 13.6. The predicted molar refractivity (Wildman–Crippen MR) is 73.8 cm³/mol. The maximum Gasteiger partial charge on any atom is 0.399 e. The highest BCUT2D eigenvalue weighted by atomic mass is 32.1. The highest BCUT2D eigenvalue weighted by Crippen LogP contribution is 2.27. The largest absolute Gasteiger partial charge is 0.399 e. The van der Waals surface area contributed by atoms with Crippen LogP contribution in [0.15, 0.2) is 24.3 Å². The first-order chi connectivity index (χ1) is 8.70. The maximum absolute atomic E-state index is 12.7. The van der Waals surface area contributed by atoms with Gasteiger partial charge in [0.15, 0.2) is 0 Å². The Morgan fingerprint density at radius 2 is 2.05 bits per heavy atom. The Balaban J connectivity index is 2.68. The molecule has 2 N–H and O–H groups in total. The molecule has 0 saturated carbocycles. The second-order valence-electron chi connectivity index (χ2n) is 4.68. The zero-order chi connectivity index (χ0) is 14.6. The van der Waals surface area contributed by atoms with E-state index in [4.69, 9.17) is 5.73 Å². The minimum Gasteiger partial charge on any atom is -0.393 e. The quantitative estimate of drug-likeness (QED) is 0.846. The van der Waals surface area contributed by atoms with Crippen LogP contribution in [-0.2, 0) is 6.54 Å². The molecule has 0 radical (unpaired) electrons. The van der Waals surface area contributed by atoms with E-state index in [1.165, 1.54) is 0 Å². The molecule has 106 valence electrons. The lowest BCUT2D eigenvalue weighted by Crippen LogP contribution is -2.42. The van der Waals surface area contributed by atoms with E-state index in [9.17, 15) is 13.2 Å². The van der Waals surface area contributed by atoms with Crippen LogP contribution in [0.1, 0.15) is 11.1 Å². The summed E-state index contributed by atoms with van der Waals surface area (Å²) in [4.78, 5) is 1.06. The van der Waals surface area contributed by atoms with Gasteiger partial charge in [0.2, 0.25) is 0 Å². The third-order valence-electron chi connectivity index (χ3n) is 2.77. The molecule has 0 bridgehead atoms. The molecule has 0 aliphatic rings. The molecule has 0 aliphatic heterocycles. The molecular formula is C13H17F3N2S. The van der Waals surface area contributed by atoms with Gasteiger partial charge < -0.3 is 10.6 Å². The number of rotatable bonds is 5. The number of alkyl halides is 3. The number of aryl methyl sites for hydroxylation is 1. The van der Waals surface area contributed by atoms with E-state index in [1.807, 2.05) is 31.2 Å². The molecule has 0 spiro atoms. The molecule has 0 aromatic heterocycles. The maximum atomic E-state index is 12.7. The number of nitrogens with two attached hydrogens (primary N) is 1. The fourth-order valence-corrected chi connectivity index (χ4v) is 2.06.